The number of aliphatic hydroxyl groups excluding tert-OH is 1. The summed E-state index contributed by atoms with van der Waals surface area (Å²) >= 11 is 0. The van der Waals surface area contributed by atoms with E-state index in [1.54, 1.807) is 14.7 Å². The molecule has 1 unspecified atom stereocenters. The molecule has 0 spiro atoms. The molecule has 35 heavy (non-hydrogen) atoms. The van der Waals surface area contributed by atoms with Crippen LogP contribution in [0.1, 0.15) is 26.2 Å². The van der Waals surface area contributed by atoms with Crippen LogP contribution >= 0.6 is 0 Å². The molecular formula is C20H38Cl3GdN4O7-3. The van der Waals surface area contributed by atoms with Crippen LogP contribution in [0.25, 0.3) is 0 Å². The standard InChI is InChI=1S/C20H38N4O7.3ClH.Gd/c1-2-3-4-17(25)13-21-5-7-22(14-18(26)27)9-11-24(16-20(30)31)12-10-23(8-6-21)15-19(28)29;;;;/h17,25H,2-16H2,1H3,(H,26,27)(H,28,29)(H,30,31);3*1H;/p-3. The predicted octanol–water partition coefficient (Wildman–Crippen LogP) is -9.98. The SMILES string of the molecule is CCCCC(O)CN1CCN(CC(=O)O)CCN(CC(=O)O)CCN(CC(=O)O)CC1.[Cl-].[Cl-].[Cl-].[Gd]. The number of carboxylic acid groups (broad SMARTS) is 3. The van der Waals surface area contributed by atoms with Gasteiger partial charge in [-0.2, -0.15) is 0 Å². The second kappa shape index (κ2) is 24.7. The maximum atomic E-state index is 11.3. The number of aliphatic carboxylic acids is 3. The van der Waals surface area contributed by atoms with Crippen molar-refractivity contribution in [2.75, 3.05) is 78.5 Å². The third-order valence-corrected chi connectivity index (χ3v) is 5.37. The number of aliphatic hydroxyl groups is 1. The topological polar surface area (TPSA) is 145 Å². The molecule has 0 aromatic heterocycles. The van der Waals surface area contributed by atoms with Gasteiger partial charge < -0.3 is 57.6 Å². The van der Waals surface area contributed by atoms with Crippen LogP contribution < -0.4 is 37.2 Å². The number of carboxylic acids is 3. The average Bonchev–Trinajstić information content (AvgIpc) is 2.67. The molecule has 11 nitrogen and oxygen atoms in total. The summed E-state index contributed by atoms with van der Waals surface area (Å²) in [6.45, 7) is 5.59. The van der Waals surface area contributed by atoms with Crippen molar-refractivity contribution in [1.82, 2.24) is 19.6 Å². The Hall–Kier alpha value is 0.405. The van der Waals surface area contributed by atoms with Crippen molar-refractivity contribution in [3.05, 3.63) is 0 Å². The van der Waals surface area contributed by atoms with E-state index in [1.165, 1.54) is 0 Å². The molecule has 1 rings (SSSR count). The molecule has 0 aromatic rings. The van der Waals surface area contributed by atoms with Crippen LogP contribution in [0.4, 0.5) is 0 Å². The maximum absolute atomic E-state index is 11.3. The number of nitrogens with zero attached hydrogens (tertiary/aromatic N) is 4. The molecule has 212 valence electrons. The molecule has 0 bridgehead atoms. The number of carbonyl (C=O) groups is 3. The van der Waals surface area contributed by atoms with Crippen molar-refractivity contribution in [2.24, 2.45) is 0 Å². The molecule has 4 N–H and O–H groups in total. The molecule has 1 fully saturated rings. The molecule has 15 heteroatoms. The van der Waals surface area contributed by atoms with E-state index < -0.39 is 24.0 Å². The number of hydrogen-bond donors (Lipinski definition) is 4. The monoisotopic (exact) mass is 709 g/mol. The van der Waals surface area contributed by atoms with Crippen LogP contribution in [-0.4, -0.2) is 143 Å². The predicted molar refractivity (Wildman–Crippen MR) is 114 cm³/mol. The zero-order valence-electron chi connectivity index (χ0n) is 20.0. The van der Waals surface area contributed by atoms with Crippen molar-refractivity contribution >= 4 is 17.9 Å². The summed E-state index contributed by atoms with van der Waals surface area (Å²) in [7, 11) is 0. The Morgan fingerprint density at radius 1 is 0.657 bits per heavy atom. The Kier molecular flexibility index (Phi) is 30.0. The Morgan fingerprint density at radius 2 is 0.943 bits per heavy atom. The van der Waals surface area contributed by atoms with Crippen LogP contribution in [0, 0.1) is 39.9 Å². The van der Waals surface area contributed by atoms with Gasteiger partial charge in [0, 0.05) is 98.8 Å². The molecule has 1 aliphatic heterocycles. The fourth-order valence-corrected chi connectivity index (χ4v) is 3.64. The van der Waals surface area contributed by atoms with E-state index in [0.29, 0.717) is 65.3 Å². The fraction of sp³-hybridized carbons (Fsp3) is 0.850. The first-order valence-corrected chi connectivity index (χ1v) is 10.9. The molecule has 0 saturated carbocycles. The maximum Gasteiger partial charge on any atom is 0.317 e. The zero-order chi connectivity index (χ0) is 23.2. The second-order valence-electron chi connectivity index (χ2n) is 8.11. The third kappa shape index (κ3) is 22.1. The Bertz CT molecular complexity index is 553. The Balaban J connectivity index is -0.00000120. The Labute approximate surface area is 258 Å². The van der Waals surface area contributed by atoms with Crippen LogP contribution in [-0.2, 0) is 14.4 Å². The first kappa shape index (κ1) is 42.5. The molecule has 1 atom stereocenters. The van der Waals surface area contributed by atoms with E-state index in [2.05, 4.69) is 11.8 Å². The van der Waals surface area contributed by atoms with Crippen molar-refractivity contribution in [3.63, 3.8) is 0 Å². The van der Waals surface area contributed by atoms with Gasteiger partial charge in [-0.1, -0.05) is 19.8 Å². The molecule has 0 aliphatic carbocycles. The number of rotatable bonds is 11. The van der Waals surface area contributed by atoms with Crippen LogP contribution in [0.5, 0.6) is 0 Å². The number of unbranched alkanes of at least 4 members (excludes halogenated alkanes) is 1. The quantitative estimate of drug-likeness (QED) is 0.162. The molecule has 1 aliphatic rings. The van der Waals surface area contributed by atoms with Crippen molar-refractivity contribution in [2.45, 2.75) is 32.3 Å². The van der Waals surface area contributed by atoms with Crippen LogP contribution in [0.3, 0.4) is 0 Å². The average molecular weight is 710 g/mol. The summed E-state index contributed by atoms with van der Waals surface area (Å²) < 4.78 is 0. The minimum absolute atomic E-state index is 0. The summed E-state index contributed by atoms with van der Waals surface area (Å²) in [5, 5.41) is 38.0. The van der Waals surface area contributed by atoms with Gasteiger partial charge >= 0.3 is 17.9 Å². The molecule has 0 aromatic carbocycles. The first-order chi connectivity index (χ1) is 14.7. The number of hydrogen-bond acceptors (Lipinski definition) is 8. The van der Waals surface area contributed by atoms with Crippen LogP contribution in [0.15, 0.2) is 0 Å². The smallest absolute Gasteiger partial charge is 0.317 e. The summed E-state index contributed by atoms with van der Waals surface area (Å²) in [5.41, 5.74) is 0. The molecule has 0 radical (unpaired) electrons. The zero-order valence-corrected chi connectivity index (χ0v) is 24.5. The van der Waals surface area contributed by atoms with Gasteiger partial charge in [0.25, 0.3) is 0 Å². The molecule has 1 saturated heterocycles. The van der Waals surface area contributed by atoms with Gasteiger partial charge in [-0.15, -0.1) is 0 Å². The van der Waals surface area contributed by atoms with E-state index in [9.17, 15) is 29.7 Å². The van der Waals surface area contributed by atoms with E-state index in [4.69, 9.17) is 5.11 Å². The Morgan fingerprint density at radius 3 is 1.20 bits per heavy atom. The van der Waals surface area contributed by atoms with Crippen molar-refractivity contribution in [1.29, 1.82) is 0 Å². The van der Waals surface area contributed by atoms with Gasteiger partial charge in [0.1, 0.15) is 0 Å². The van der Waals surface area contributed by atoms with E-state index in [1.807, 2.05) is 0 Å². The van der Waals surface area contributed by atoms with Crippen molar-refractivity contribution < 1.29 is 112 Å². The summed E-state index contributed by atoms with van der Waals surface area (Å²) in [5.74, 6) is -2.87. The van der Waals surface area contributed by atoms with E-state index in [0.717, 1.165) is 12.8 Å². The third-order valence-electron chi connectivity index (χ3n) is 5.37. The summed E-state index contributed by atoms with van der Waals surface area (Å²) in [4.78, 5) is 41.0. The molecular weight excluding hydrogens is 672 g/mol. The van der Waals surface area contributed by atoms with Gasteiger partial charge in [-0.05, 0) is 6.42 Å². The van der Waals surface area contributed by atoms with Crippen LogP contribution in [0.2, 0.25) is 0 Å². The fourth-order valence-electron chi connectivity index (χ4n) is 3.64. The minimum atomic E-state index is -0.978. The van der Waals surface area contributed by atoms with Gasteiger partial charge in [0.2, 0.25) is 0 Å². The molecule has 0 amide bonds. The minimum Gasteiger partial charge on any atom is -1.00 e. The molecule has 1 heterocycles. The summed E-state index contributed by atoms with van der Waals surface area (Å²) in [6.07, 6.45) is 2.11. The normalized spacial score (nSPS) is 17.7. The largest absolute Gasteiger partial charge is 1.00 e. The number of β-amino-alcohol motifs (C(OH)–C–C–N with tert-alkyl or cyclic N) is 1. The van der Waals surface area contributed by atoms with Gasteiger partial charge in [-0.3, -0.25) is 34.0 Å². The van der Waals surface area contributed by atoms with Gasteiger partial charge in [0.05, 0.1) is 25.7 Å². The first-order valence-electron chi connectivity index (χ1n) is 10.9. The van der Waals surface area contributed by atoms with Crippen molar-refractivity contribution in [3.8, 4) is 0 Å². The number of halogens is 3. The summed E-state index contributed by atoms with van der Waals surface area (Å²) in [6, 6.07) is 0. The van der Waals surface area contributed by atoms with Gasteiger partial charge in [0.15, 0.2) is 0 Å². The van der Waals surface area contributed by atoms with Gasteiger partial charge in [-0.25, -0.2) is 0 Å². The second-order valence-corrected chi connectivity index (χ2v) is 8.11. The van der Waals surface area contributed by atoms with E-state index in [-0.39, 0.29) is 96.8 Å². The van der Waals surface area contributed by atoms with E-state index >= 15 is 0 Å².